The van der Waals surface area contributed by atoms with Gasteiger partial charge < -0.3 is 0 Å². The fourth-order valence-electron chi connectivity index (χ4n) is 2.43. The molecule has 0 spiro atoms. The predicted molar refractivity (Wildman–Crippen MR) is 96.3 cm³/mol. The third kappa shape index (κ3) is 2.46. The van der Waals surface area contributed by atoms with Gasteiger partial charge in [0.1, 0.15) is 5.84 Å². The van der Waals surface area contributed by atoms with Crippen molar-refractivity contribution >= 4 is 51.8 Å². The number of hydrogen-bond acceptors (Lipinski definition) is 4. The summed E-state index contributed by atoms with van der Waals surface area (Å²) >= 11 is 2.91. The van der Waals surface area contributed by atoms with Crippen LogP contribution in [0.1, 0.15) is 10.4 Å². The first-order valence-corrected chi connectivity index (χ1v) is 8.69. The summed E-state index contributed by atoms with van der Waals surface area (Å²) in [5.74, 6) is -0.182. The standard InChI is InChI=1S/C17H11N3OS2/c18-15-13(9-12-7-4-8-22-12)16(21)19-17-20(15)14(10-23-17)11-5-2-1-3-6-11/h1-10,18H. The molecular weight excluding hydrogens is 326 g/mol. The highest BCUT2D eigenvalue weighted by Crippen LogP contribution is 2.37. The van der Waals surface area contributed by atoms with Gasteiger partial charge in [-0.1, -0.05) is 48.2 Å². The number of fused-ring (bicyclic) bond motifs is 1. The SMILES string of the molecule is N=C1C(=Cc2cccs2)C(=O)N=C2SC=C(c3ccccc3)N12. The van der Waals surface area contributed by atoms with Crippen molar-refractivity contribution in [1.29, 1.82) is 5.41 Å². The molecule has 4 rings (SSSR count). The first-order chi connectivity index (χ1) is 11.2. The van der Waals surface area contributed by atoms with Crippen molar-refractivity contribution in [2.45, 2.75) is 0 Å². The number of hydrogen-bond donors (Lipinski definition) is 1. The van der Waals surface area contributed by atoms with Crippen LogP contribution in [0.3, 0.4) is 0 Å². The van der Waals surface area contributed by atoms with Crippen molar-refractivity contribution in [3.8, 4) is 0 Å². The Morgan fingerprint density at radius 1 is 1.13 bits per heavy atom. The summed E-state index contributed by atoms with van der Waals surface area (Å²) in [6, 6.07) is 13.7. The van der Waals surface area contributed by atoms with Crippen LogP contribution in [0.2, 0.25) is 0 Å². The molecule has 0 saturated carbocycles. The summed E-state index contributed by atoms with van der Waals surface area (Å²) in [7, 11) is 0. The van der Waals surface area contributed by atoms with Crippen LogP contribution < -0.4 is 0 Å². The molecule has 3 heterocycles. The lowest BCUT2D eigenvalue weighted by Crippen LogP contribution is -2.37. The molecule has 2 aliphatic heterocycles. The highest BCUT2D eigenvalue weighted by Gasteiger charge is 2.36. The molecule has 1 aromatic heterocycles. The minimum absolute atomic E-state index is 0.175. The molecule has 0 fully saturated rings. The van der Waals surface area contributed by atoms with Gasteiger partial charge in [0.05, 0.1) is 11.3 Å². The first-order valence-electron chi connectivity index (χ1n) is 6.93. The maximum absolute atomic E-state index is 12.3. The van der Waals surface area contributed by atoms with E-state index in [1.165, 1.54) is 23.1 Å². The van der Waals surface area contributed by atoms with Gasteiger partial charge in [-0.3, -0.25) is 15.1 Å². The van der Waals surface area contributed by atoms with Crippen molar-refractivity contribution in [3.63, 3.8) is 0 Å². The lowest BCUT2D eigenvalue weighted by Gasteiger charge is -2.26. The Kier molecular flexibility index (Phi) is 3.48. The van der Waals surface area contributed by atoms with Gasteiger partial charge in [0, 0.05) is 10.3 Å². The van der Waals surface area contributed by atoms with Crippen LogP contribution in [0.25, 0.3) is 11.8 Å². The summed E-state index contributed by atoms with van der Waals surface area (Å²) in [4.78, 5) is 19.1. The molecule has 1 N–H and O–H groups in total. The number of rotatable bonds is 2. The lowest BCUT2D eigenvalue weighted by atomic mass is 10.1. The zero-order valence-corrected chi connectivity index (χ0v) is 13.5. The Morgan fingerprint density at radius 3 is 2.70 bits per heavy atom. The minimum Gasteiger partial charge on any atom is -0.283 e. The van der Waals surface area contributed by atoms with Crippen molar-refractivity contribution < 1.29 is 4.79 Å². The van der Waals surface area contributed by atoms with E-state index >= 15 is 0 Å². The van der Waals surface area contributed by atoms with E-state index < -0.39 is 0 Å². The minimum atomic E-state index is -0.357. The highest BCUT2D eigenvalue weighted by atomic mass is 32.2. The second kappa shape index (κ2) is 5.64. The average molecular weight is 337 g/mol. The number of aliphatic imine (C=N–C) groups is 1. The zero-order chi connectivity index (χ0) is 15.8. The molecule has 23 heavy (non-hydrogen) atoms. The van der Waals surface area contributed by atoms with Gasteiger partial charge in [0.25, 0.3) is 5.91 Å². The summed E-state index contributed by atoms with van der Waals surface area (Å²) < 4.78 is 0. The number of nitrogens with one attached hydrogen (secondary N) is 1. The van der Waals surface area contributed by atoms with Crippen LogP contribution in [-0.4, -0.2) is 21.8 Å². The molecule has 0 atom stereocenters. The molecule has 0 unspecified atom stereocenters. The first kappa shape index (κ1) is 14.2. The molecular formula is C17H11N3OS2. The fraction of sp³-hybridized carbons (Fsp3) is 0. The number of carbonyl (C=O) groups excluding carboxylic acids is 1. The number of benzene rings is 1. The number of carbonyl (C=O) groups is 1. The molecule has 4 nitrogen and oxygen atoms in total. The molecule has 1 amide bonds. The molecule has 0 saturated heterocycles. The number of thioether (sulfide) groups is 1. The highest BCUT2D eigenvalue weighted by molar-refractivity contribution is 8.17. The Labute approximate surface area is 141 Å². The van der Waals surface area contributed by atoms with Crippen molar-refractivity contribution in [2.75, 3.05) is 0 Å². The predicted octanol–water partition coefficient (Wildman–Crippen LogP) is 4.05. The topological polar surface area (TPSA) is 56.5 Å². The second-order valence-corrected chi connectivity index (χ2v) is 6.76. The quantitative estimate of drug-likeness (QED) is 0.841. The molecule has 2 aromatic rings. The van der Waals surface area contributed by atoms with Crippen LogP contribution in [0.4, 0.5) is 0 Å². The Balaban J connectivity index is 1.76. The molecule has 0 radical (unpaired) electrons. The van der Waals surface area contributed by atoms with E-state index in [2.05, 4.69) is 4.99 Å². The maximum atomic E-state index is 12.3. The van der Waals surface area contributed by atoms with Gasteiger partial charge >= 0.3 is 0 Å². The van der Waals surface area contributed by atoms with Crippen molar-refractivity contribution in [2.24, 2.45) is 4.99 Å². The Bertz CT molecular complexity index is 880. The normalized spacial score (nSPS) is 19.0. The fourth-order valence-corrected chi connectivity index (χ4v) is 3.98. The maximum Gasteiger partial charge on any atom is 0.283 e. The molecule has 0 aliphatic carbocycles. The van der Waals surface area contributed by atoms with E-state index in [9.17, 15) is 4.79 Å². The van der Waals surface area contributed by atoms with Crippen LogP contribution in [0.15, 0.2) is 63.8 Å². The van der Waals surface area contributed by atoms with Gasteiger partial charge in [-0.05, 0) is 23.1 Å². The van der Waals surface area contributed by atoms with Crippen LogP contribution in [0, 0.1) is 5.41 Å². The van der Waals surface area contributed by atoms with Crippen LogP contribution in [-0.2, 0) is 4.79 Å². The Morgan fingerprint density at radius 2 is 1.96 bits per heavy atom. The largest absolute Gasteiger partial charge is 0.283 e. The summed E-state index contributed by atoms with van der Waals surface area (Å²) in [5.41, 5.74) is 2.20. The monoisotopic (exact) mass is 337 g/mol. The molecule has 2 aliphatic rings. The van der Waals surface area contributed by atoms with Crippen molar-refractivity contribution in [3.05, 3.63) is 69.3 Å². The zero-order valence-electron chi connectivity index (χ0n) is 11.9. The number of amides is 1. The van der Waals surface area contributed by atoms with Crippen LogP contribution >= 0.6 is 23.1 Å². The molecule has 6 heteroatoms. The van der Waals surface area contributed by atoms with Crippen LogP contribution in [0.5, 0.6) is 0 Å². The van der Waals surface area contributed by atoms with Gasteiger partial charge in [-0.15, -0.1) is 11.3 Å². The van der Waals surface area contributed by atoms with E-state index in [0.717, 1.165) is 16.1 Å². The average Bonchev–Trinajstić information content (AvgIpc) is 3.21. The van der Waals surface area contributed by atoms with Gasteiger partial charge in [0.2, 0.25) is 0 Å². The van der Waals surface area contributed by atoms with Gasteiger partial charge in [-0.2, -0.15) is 4.99 Å². The third-order valence-corrected chi connectivity index (χ3v) is 5.16. The molecule has 112 valence electrons. The lowest BCUT2D eigenvalue weighted by molar-refractivity contribution is -0.114. The number of nitrogens with zero attached hydrogens (tertiary/aromatic N) is 2. The van der Waals surface area contributed by atoms with Gasteiger partial charge in [-0.25, -0.2) is 0 Å². The van der Waals surface area contributed by atoms with Crippen molar-refractivity contribution in [1.82, 2.24) is 4.90 Å². The summed E-state index contributed by atoms with van der Waals surface area (Å²) in [6.07, 6.45) is 1.74. The van der Waals surface area contributed by atoms with Gasteiger partial charge in [0.15, 0.2) is 5.17 Å². The number of amidine groups is 2. The number of thiophene rings is 1. The van der Waals surface area contributed by atoms with E-state index in [1.807, 2.05) is 53.3 Å². The van der Waals surface area contributed by atoms with E-state index in [1.54, 1.807) is 11.0 Å². The molecule has 1 aromatic carbocycles. The third-order valence-electron chi connectivity index (χ3n) is 3.51. The Hall–Kier alpha value is -2.44. The second-order valence-electron chi connectivity index (χ2n) is 4.94. The summed E-state index contributed by atoms with van der Waals surface area (Å²) in [6.45, 7) is 0. The van der Waals surface area contributed by atoms with E-state index in [-0.39, 0.29) is 11.7 Å². The summed E-state index contributed by atoms with van der Waals surface area (Å²) in [5, 5.41) is 12.9. The van der Waals surface area contributed by atoms with E-state index in [4.69, 9.17) is 5.41 Å². The smallest absolute Gasteiger partial charge is 0.283 e. The van der Waals surface area contributed by atoms with E-state index in [0.29, 0.717) is 10.7 Å². The molecule has 0 bridgehead atoms.